The van der Waals surface area contributed by atoms with Crippen LogP contribution in [-0.4, -0.2) is 36.5 Å². The molecule has 0 saturated carbocycles. The van der Waals surface area contributed by atoms with E-state index in [9.17, 15) is 27.6 Å². The Kier molecular flexibility index (Phi) is 10.7. The second-order valence-corrected chi connectivity index (χ2v) is 9.63. The highest BCUT2D eigenvalue weighted by Gasteiger charge is 2.48. The molecule has 0 aromatic rings. The lowest BCUT2D eigenvalue weighted by molar-refractivity contribution is -0.173. The van der Waals surface area contributed by atoms with Gasteiger partial charge in [0.1, 0.15) is 11.9 Å². The second-order valence-electron chi connectivity index (χ2n) is 9.63. The van der Waals surface area contributed by atoms with Gasteiger partial charge >= 0.3 is 18.1 Å². The van der Waals surface area contributed by atoms with E-state index >= 15 is 0 Å². The van der Waals surface area contributed by atoms with Crippen LogP contribution in [0.25, 0.3) is 0 Å². The average molecular weight is 498 g/mol. The number of hydrogen-bond donors (Lipinski definition) is 1. The summed E-state index contributed by atoms with van der Waals surface area (Å²) in [6.45, 7) is 17.8. The molecule has 1 aliphatic carbocycles. The van der Waals surface area contributed by atoms with Crippen molar-refractivity contribution in [3.05, 3.63) is 48.1 Å². The van der Waals surface area contributed by atoms with Crippen LogP contribution in [0, 0.1) is 23.2 Å². The summed E-state index contributed by atoms with van der Waals surface area (Å²) in [4.78, 5) is 36.5. The third-order valence-corrected chi connectivity index (χ3v) is 7.13. The molecule has 0 spiro atoms. The molecule has 5 nitrogen and oxygen atoms in total. The minimum absolute atomic E-state index is 0.00791. The van der Waals surface area contributed by atoms with Gasteiger partial charge in [0, 0.05) is 23.5 Å². The van der Waals surface area contributed by atoms with Gasteiger partial charge < -0.3 is 10.1 Å². The Balaban J connectivity index is 3.27. The molecule has 1 aliphatic rings. The van der Waals surface area contributed by atoms with Crippen molar-refractivity contribution in [2.24, 2.45) is 23.2 Å². The molecule has 0 aliphatic heterocycles. The molecule has 8 heteroatoms. The van der Waals surface area contributed by atoms with E-state index in [1.54, 1.807) is 26.8 Å². The van der Waals surface area contributed by atoms with E-state index < -0.39 is 29.6 Å². The van der Waals surface area contributed by atoms with Gasteiger partial charge in [-0.25, -0.2) is 4.79 Å². The van der Waals surface area contributed by atoms with Crippen LogP contribution in [0.3, 0.4) is 0 Å². The Morgan fingerprint density at radius 2 is 1.83 bits per heavy atom. The Hall–Kier alpha value is -2.64. The summed E-state index contributed by atoms with van der Waals surface area (Å²) in [5, 5.41) is 1.95. The van der Waals surface area contributed by atoms with E-state index in [4.69, 9.17) is 4.74 Å². The van der Waals surface area contributed by atoms with Crippen LogP contribution < -0.4 is 5.32 Å². The highest BCUT2D eigenvalue weighted by atomic mass is 19.4. The van der Waals surface area contributed by atoms with E-state index in [0.29, 0.717) is 19.3 Å². The van der Waals surface area contributed by atoms with Gasteiger partial charge in [0.2, 0.25) is 0 Å². The maximum atomic E-state index is 13.1. The van der Waals surface area contributed by atoms with Crippen molar-refractivity contribution in [2.75, 3.05) is 6.54 Å². The topological polar surface area (TPSA) is 72.5 Å². The van der Waals surface area contributed by atoms with E-state index in [0.717, 1.165) is 11.1 Å². The lowest BCUT2D eigenvalue weighted by Gasteiger charge is -2.46. The van der Waals surface area contributed by atoms with Crippen molar-refractivity contribution in [3.8, 4) is 0 Å². The molecule has 1 rings (SSSR count). The summed E-state index contributed by atoms with van der Waals surface area (Å²) < 4.78 is 43.3. The zero-order valence-electron chi connectivity index (χ0n) is 21.6. The SMILES string of the molecule is C=C[C@@H](OC(=O)C(=C)C)C1=C(C)[C@H](/C=C\C)[C@@](C[C@H](C)[C@@H](C)CNC(=O)C(F)(F)F)(C(C)=O)CC1. The number of hydrogen-bond acceptors (Lipinski definition) is 4. The van der Waals surface area contributed by atoms with Crippen LogP contribution in [-0.2, 0) is 19.1 Å². The third kappa shape index (κ3) is 7.42. The van der Waals surface area contributed by atoms with Crippen molar-refractivity contribution in [1.29, 1.82) is 0 Å². The number of Topliss-reactive ketones (excluding diaryl/α,β-unsaturated/α-hetero) is 1. The Morgan fingerprint density at radius 3 is 2.29 bits per heavy atom. The van der Waals surface area contributed by atoms with Crippen LogP contribution in [0.15, 0.2) is 48.1 Å². The van der Waals surface area contributed by atoms with Crippen LogP contribution in [0.4, 0.5) is 13.2 Å². The number of carbonyl (C=O) groups is 3. The summed E-state index contributed by atoms with van der Waals surface area (Å²) in [7, 11) is 0. The van der Waals surface area contributed by atoms with E-state index in [1.165, 1.54) is 0 Å². The minimum Gasteiger partial charge on any atom is -0.450 e. The molecule has 1 N–H and O–H groups in total. The highest BCUT2D eigenvalue weighted by molar-refractivity contribution is 5.87. The summed E-state index contributed by atoms with van der Waals surface area (Å²) in [6, 6.07) is 0. The van der Waals surface area contributed by atoms with Crippen molar-refractivity contribution >= 4 is 17.7 Å². The molecule has 0 saturated heterocycles. The number of allylic oxidation sites excluding steroid dienone is 3. The molecule has 5 atom stereocenters. The number of ketones is 1. The van der Waals surface area contributed by atoms with E-state index in [1.807, 2.05) is 38.2 Å². The number of halogens is 3. The Labute approximate surface area is 206 Å². The molecular weight excluding hydrogens is 459 g/mol. The molecule has 0 aromatic carbocycles. The molecule has 0 bridgehead atoms. The van der Waals surface area contributed by atoms with Gasteiger partial charge in [-0.05, 0) is 70.4 Å². The number of nitrogens with one attached hydrogen (secondary N) is 1. The molecule has 0 radical (unpaired) electrons. The van der Waals surface area contributed by atoms with Crippen LogP contribution in [0.1, 0.15) is 60.8 Å². The maximum Gasteiger partial charge on any atom is 0.471 e. The molecular formula is C27H38F3NO4. The minimum atomic E-state index is -4.93. The Morgan fingerprint density at radius 1 is 1.23 bits per heavy atom. The van der Waals surface area contributed by atoms with Crippen molar-refractivity contribution in [1.82, 2.24) is 5.32 Å². The third-order valence-electron chi connectivity index (χ3n) is 7.13. The molecule has 0 aromatic heterocycles. The van der Waals surface area contributed by atoms with Gasteiger partial charge in [0.05, 0.1) is 0 Å². The maximum absolute atomic E-state index is 13.1. The molecule has 35 heavy (non-hydrogen) atoms. The van der Waals surface area contributed by atoms with Gasteiger partial charge in [0.25, 0.3) is 0 Å². The normalized spacial score (nSPS) is 23.4. The predicted molar refractivity (Wildman–Crippen MR) is 130 cm³/mol. The van der Waals surface area contributed by atoms with Crippen molar-refractivity contribution in [2.45, 2.75) is 73.1 Å². The fourth-order valence-corrected chi connectivity index (χ4v) is 4.79. The Bertz CT molecular complexity index is 903. The fraction of sp³-hybridized carbons (Fsp3) is 0.593. The van der Waals surface area contributed by atoms with Crippen LogP contribution in [0.2, 0.25) is 0 Å². The molecule has 1 amide bonds. The summed E-state index contributed by atoms with van der Waals surface area (Å²) in [6.07, 6.45) is 1.24. The number of rotatable bonds is 11. The van der Waals surface area contributed by atoms with Crippen molar-refractivity contribution in [3.63, 3.8) is 0 Å². The first kappa shape index (κ1) is 30.4. The van der Waals surface area contributed by atoms with Gasteiger partial charge in [-0.3, -0.25) is 9.59 Å². The molecule has 196 valence electrons. The summed E-state index contributed by atoms with van der Waals surface area (Å²) in [5.74, 6) is -3.21. The van der Waals surface area contributed by atoms with Gasteiger partial charge in [-0.1, -0.05) is 44.7 Å². The summed E-state index contributed by atoms with van der Waals surface area (Å²) >= 11 is 0. The van der Waals surface area contributed by atoms with Crippen molar-refractivity contribution < 1.29 is 32.3 Å². The highest BCUT2D eigenvalue weighted by Crippen LogP contribution is 2.51. The zero-order chi connectivity index (χ0) is 27.1. The second kappa shape index (κ2) is 12.4. The first-order chi connectivity index (χ1) is 16.1. The van der Waals surface area contributed by atoms with Gasteiger partial charge in [0.15, 0.2) is 0 Å². The van der Waals surface area contributed by atoms with E-state index in [-0.39, 0.29) is 35.7 Å². The van der Waals surface area contributed by atoms with Crippen LogP contribution >= 0.6 is 0 Å². The molecule has 0 heterocycles. The van der Waals surface area contributed by atoms with Gasteiger partial charge in [-0.2, -0.15) is 13.2 Å². The molecule has 0 fully saturated rings. The lowest BCUT2D eigenvalue weighted by Crippen LogP contribution is -2.44. The predicted octanol–water partition coefficient (Wildman–Crippen LogP) is 5.88. The summed E-state index contributed by atoms with van der Waals surface area (Å²) in [5.41, 5.74) is 1.29. The lowest BCUT2D eigenvalue weighted by atomic mass is 9.57. The number of esters is 1. The van der Waals surface area contributed by atoms with Gasteiger partial charge in [-0.15, -0.1) is 0 Å². The fourth-order valence-electron chi connectivity index (χ4n) is 4.79. The monoisotopic (exact) mass is 497 g/mol. The van der Waals surface area contributed by atoms with E-state index in [2.05, 4.69) is 13.2 Å². The number of carbonyl (C=O) groups excluding carboxylic acids is 3. The number of alkyl halides is 3. The molecule has 0 unspecified atom stereocenters. The first-order valence-corrected chi connectivity index (χ1v) is 11.8. The average Bonchev–Trinajstić information content (AvgIpc) is 2.77. The largest absolute Gasteiger partial charge is 0.471 e. The zero-order valence-corrected chi connectivity index (χ0v) is 21.6. The quantitative estimate of drug-likeness (QED) is 0.220. The first-order valence-electron chi connectivity index (χ1n) is 11.8. The smallest absolute Gasteiger partial charge is 0.450 e. The van der Waals surface area contributed by atoms with Crippen LogP contribution in [0.5, 0.6) is 0 Å². The standard InChI is InChI=1S/C27H38F3NO4/c1-9-11-22-19(7)21(23(10-2)35-24(33)16(3)4)12-13-26(22,20(8)32)14-17(5)18(6)15-31-25(34)27(28,29)30/h9-11,17-18,22-23H,2-3,12-15H2,1,4-8H3,(H,31,34)/b11-9-/t17-,18-,22-,23+,26-/m0/s1. The number of amides is 1. The number of ether oxygens (including phenoxy) is 1.